The number of amides is 1. The fourth-order valence-electron chi connectivity index (χ4n) is 2.46. The van der Waals surface area contributed by atoms with Gasteiger partial charge in [0.05, 0.1) is 6.61 Å². The van der Waals surface area contributed by atoms with E-state index in [2.05, 4.69) is 6.92 Å². The standard InChI is InChI=1S/C20H26N2O2/c1-2-14-24-19-11-6-10-18(15-19)20(23)22(13-7-12-21)16-17-8-4-3-5-9-17/h3-6,8-11,15H,2,7,12-14,16,21H2,1H3. The zero-order valence-corrected chi connectivity index (χ0v) is 14.3. The molecule has 0 saturated heterocycles. The molecule has 0 bridgehead atoms. The van der Waals surface area contributed by atoms with E-state index >= 15 is 0 Å². The second-order valence-electron chi connectivity index (χ2n) is 5.73. The fraction of sp³-hybridized carbons (Fsp3) is 0.350. The molecule has 0 spiro atoms. The number of rotatable bonds is 9. The largest absolute Gasteiger partial charge is 0.494 e. The first-order chi connectivity index (χ1) is 11.7. The summed E-state index contributed by atoms with van der Waals surface area (Å²) in [5.41, 5.74) is 7.39. The summed E-state index contributed by atoms with van der Waals surface area (Å²) in [6.07, 6.45) is 1.72. The molecule has 0 atom stereocenters. The lowest BCUT2D eigenvalue weighted by atomic mass is 10.1. The number of carbonyl (C=O) groups excluding carboxylic acids is 1. The molecule has 0 aliphatic rings. The predicted octanol–water partition coefficient (Wildman–Crippen LogP) is 3.47. The molecule has 0 heterocycles. The van der Waals surface area contributed by atoms with Gasteiger partial charge in [0, 0.05) is 18.7 Å². The van der Waals surface area contributed by atoms with Gasteiger partial charge >= 0.3 is 0 Å². The molecule has 0 saturated carbocycles. The van der Waals surface area contributed by atoms with Crippen LogP contribution >= 0.6 is 0 Å². The topological polar surface area (TPSA) is 55.6 Å². The zero-order valence-electron chi connectivity index (χ0n) is 14.3. The van der Waals surface area contributed by atoms with E-state index in [1.165, 1.54) is 0 Å². The van der Waals surface area contributed by atoms with Crippen LogP contribution < -0.4 is 10.5 Å². The summed E-state index contributed by atoms with van der Waals surface area (Å²) in [6.45, 7) is 4.50. The molecule has 0 aliphatic heterocycles. The van der Waals surface area contributed by atoms with E-state index in [1.54, 1.807) is 0 Å². The molecule has 0 fully saturated rings. The van der Waals surface area contributed by atoms with Gasteiger partial charge in [-0.2, -0.15) is 0 Å². The molecule has 128 valence electrons. The van der Waals surface area contributed by atoms with E-state index in [-0.39, 0.29) is 5.91 Å². The molecule has 0 aliphatic carbocycles. The van der Waals surface area contributed by atoms with E-state index in [0.717, 1.165) is 24.2 Å². The van der Waals surface area contributed by atoms with Gasteiger partial charge < -0.3 is 15.4 Å². The molecule has 0 radical (unpaired) electrons. The number of carbonyl (C=O) groups is 1. The molecule has 24 heavy (non-hydrogen) atoms. The predicted molar refractivity (Wildman–Crippen MR) is 97.1 cm³/mol. The molecule has 4 heteroatoms. The molecule has 2 aromatic rings. The van der Waals surface area contributed by atoms with Crippen LogP contribution in [0.1, 0.15) is 35.7 Å². The first kappa shape index (κ1) is 18.0. The third-order valence-electron chi connectivity index (χ3n) is 3.69. The monoisotopic (exact) mass is 326 g/mol. The SMILES string of the molecule is CCCOc1cccc(C(=O)N(CCCN)Cc2ccccc2)c1. The molecule has 0 aromatic heterocycles. The van der Waals surface area contributed by atoms with Crippen molar-refractivity contribution in [2.75, 3.05) is 19.7 Å². The number of hydrogen-bond donors (Lipinski definition) is 1. The highest BCUT2D eigenvalue weighted by atomic mass is 16.5. The van der Waals surface area contributed by atoms with Crippen LogP contribution in [0.5, 0.6) is 5.75 Å². The van der Waals surface area contributed by atoms with E-state index in [4.69, 9.17) is 10.5 Å². The van der Waals surface area contributed by atoms with Crippen molar-refractivity contribution < 1.29 is 9.53 Å². The summed E-state index contributed by atoms with van der Waals surface area (Å²) in [4.78, 5) is 14.8. The van der Waals surface area contributed by atoms with Crippen molar-refractivity contribution in [3.63, 3.8) is 0 Å². The lowest BCUT2D eigenvalue weighted by Crippen LogP contribution is -2.32. The maximum Gasteiger partial charge on any atom is 0.254 e. The van der Waals surface area contributed by atoms with Crippen LogP contribution in [0, 0.1) is 0 Å². The average Bonchev–Trinajstić information content (AvgIpc) is 2.64. The Morgan fingerprint density at radius 1 is 1.12 bits per heavy atom. The van der Waals surface area contributed by atoms with Gasteiger partial charge in [0.15, 0.2) is 0 Å². The average molecular weight is 326 g/mol. The van der Waals surface area contributed by atoms with Crippen LogP contribution in [0.15, 0.2) is 54.6 Å². The quantitative estimate of drug-likeness (QED) is 0.768. The van der Waals surface area contributed by atoms with Crippen molar-refractivity contribution in [1.29, 1.82) is 0 Å². The van der Waals surface area contributed by atoms with Gasteiger partial charge in [0.1, 0.15) is 5.75 Å². The van der Waals surface area contributed by atoms with Crippen molar-refractivity contribution in [3.8, 4) is 5.75 Å². The summed E-state index contributed by atoms with van der Waals surface area (Å²) in [5.74, 6) is 0.746. The van der Waals surface area contributed by atoms with Gasteiger partial charge in [-0.25, -0.2) is 0 Å². The number of ether oxygens (including phenoxy) is 1. The number of hydrogen-bond acceptors (Lipinski definition) is 3. The maximum atomic E-state index is 12.9. The first-order valence-corrected chi connectivity index (χ1v) is 8.50. The van der Waals surface area contributed by atoms with E-state index in [1.807, 2.05) is 59.5 Å². The number of nitrogens with zero attached hydrogens (tertiary/aromatic N) is 1. The molecular formula is C20H26N2O2. The Hall–Kier alpha value is -2.33. The summed E-state index contributed by atoms with van der Waals surface area (Å²) in [7, 11) is 0. The third kappa shape index (κ3) is 5.39. The Labute approximate surface area is 144 Å². The van der Waals surface area contributed by atoms with Crippen molar-refractivity contribution >= 4 is 5.91 Å². The van der Waals surface area contributed by atoms with Crippen LogP contribution in [0.4, 0.5) is 0 Å². The molecule has 2 aromatic carbocycles. The minimum Gasteiger partial charge on any atom is -0.494 e. The summed E-state index contributed by atoms with van der Waals surface area (Å²) in [5, 5.41) is 0. The van der Waals surface area contributed by atoms with E-state index in [0.29, 0.717) is 31.8 Å². The second kappa shape index (κ2) is 9.73. The second-order valence-corrected chi connectivity index (χ2v) is 5.73. The lowest BCUT2D eigenvalue weighted by Gasteiger charge is -2.23. The van der Waals surface area contributed by atoms with Gasteiger partial charge in [0.2, 0.25) is 0 Å². The highest BCUT2D eigenvalue weighted by Gasteiger charge is 2.16. The van der Waals surface area contributed by atoms with Gasteiger partial charge in [0.25, 0.3) is 5.91 Å². The summed E-state index contributed by atoms with van der Waals surface area (Å²) in [6, 6.07) is 17.4. The minimum absolute atomic E-state index is 0.00857. The Kier molecular flexibility index (Phi) is 7.30. The maximum absolute atomic E-state index is 12.9. The van der Waals surface area contributed by atoms with Gasteiger partial charge in [-0.3, -0.25) is 4.79 Å². The smallest absolute Gasteiger partial charge is 0.254 e. The van der Waals surface area contributed by atoms with E-state index < -0.39 is 0 Å². The van der Waals surface area contributed by atoms with Crippen LogP contribution in [0.3, 0.4) is 0 Å². The van der Waals surface area contributed by atoms with Crippen molar-refractivity contribution in [2.24, 2.45) is 5.73 Å². The van der Waals surface area contributed by atoms with Gasteiger partial charge in [-0.1, -0.05) is 43.3 Å². The molecule has 2 rings (SSSR count). The van der Waals surface area contributed by atoms with Crippen LogP contribution in [0.2, 0.25) is 0 Å². The van der Waals surface area contributed by atoms with Crippen molar-refractivity contribution in [1.82, 2.24) is 4.90 Å². The molecule has 2 N–H and O–H groups in total. The van der Waals surface area contributed by atoms with Crippen molar-refractivity contribution in [3.05, 3.63) is 65.7 Å². The first-order valence-electron chi connectivity index (χ1n) is 8.50. The highest BCUT2D eigenvalue weighted by molar-refractivity contribution is 5.94. The molecule has 0 unspecified atom stereocenters. The number of benzene rings is 2. The molecule has 1 amide bonds. The fourth-order valence-corrected chi connectivity index (χ4v) is 2.46. The van der Waals surface area contributed by atoms with Gasteiger partial charge in [-0.05, 0) is 43.1 Å². The Morgan fingerprint density at radius 2 is 1.92 bits per heavy atom. The van der Waals surface area contributed by atoms with Gasteiger partial charge in [-0.15, -0.1) is 0 Å². The normalized spacial score (nSPS) is 10.4. The van der Waals surface area contributed by atoms with E-state index in [9.17, 15) is 4.79 Å². The number of nitrogens with two attached hydrogens (primary N) is 1. The lowest BCUT2D eigenvalue weighted by molar-refractivity contribution is 0.0741. The summed E-state index contributed by atoms with van der Waals surface area (Å²) >= 11 is 0. The van der Waals surface area contributed by atoms with Crippen LogP contribution in [0.25, 0.3) is 0 Å². The van der Waals surface area contributed by atoms with Crippen molar-refractivity contribution in [2.45, 2.75) is 26.3 Å². The molecule has 4 nitrogen and oxygen atoms in total. The van der Waals surface area contributed by atoms with Crippen LogP contribution in [-0.4, -0.2) is 30.5 Å². The minimum atomic E-state index is 0.00857. The zero-order chi connectivity index (χ0) is 17.2. The Bertz CT molecular complexity index is 629. The third-order valence-corrected chi connectivity index (χ3v) is 3.69. The Morgan fingerprint density at radius 3 is 2.62 bits per heavy atom. The van der Waals surface area contributed by atoms with Crippen LogP contribution in [-0.2, 0) is 6.54 Å². The Balaban J connectivity index is 2.14. The summed E-state index contributed by atoms with van der Waals surface area (Å²) < 4.78 is 5.63. The highest BCUT2D eigenvalue weighted by Crippen LogP contribution is 2.17. The molecular weight excluding hydrogens is 300 g/mol.